The zero-order valence-electron chi connectivity index (χ0n) is 9.16. The van der Waals surface area contributed by atoms with Crippen LogP contribution in [-0.2, 0) is 0 Å². The smallest absolute Gasteiger partial charge is 0.407 e. The van der Waals surface area contributed by atoms with Crippen LogP contribution in [0.15, 0.2) is 0 Å². The molecule has 4 heteroatoms. The van der Waals surface area contributed by atoms with Crippen LogP contribution in [-0.4, -0.2) is 35.2 Å². The normalized spacial score (nSPS) is 28.1. The van der Waals surface area contributed by atoms with Gasteiger partial charge in [-0.05, 0) is 24.3 Å². The summed E-state index contributed by atoms with van der Waals surface area (Å²) in [5.74, 6) is 0.311. The number of hydrogen-bond donors (Lipinski definition) is 2. The lowest BCUT2D eigenvalue weighted by Gasteiger charge is -2.36. The van der Waals surface area contributed by atoms with Crippen LogP contribution in [0.5, 0.6) is 0 Å². The quantitative estimate of drug-likeness (QED) is 0.671. The van der Waals surface area contributed by atoms with Crippen LogP contribution in [0, 0.1) is 11.3 Å². The van der Waals surface area contributed by atoms with E-state index in [0.29, 0.717) is 19.0 Å². The molecule has 0 bridgehead atoms. The Hall–Kier alpha value is -0.770. The molecular formula is C10H20N2O2. The van der Waals surface area contributed by atoms with Gasteiger partial charge in [-0.3, -0.25) is 0 Å². The Morgan fingerprint density at radius 3 is 2.50 bits per heavy atom. The third-order valence-electron chi connectivity index (χ3n) is 2.96. The molecule has 1 fully saturated rings. The van der Waals surface area contributed by atoms with Crippen molar-refractivity contribution < 1.29 is 9.90 Å². The fourth-order valence-electron chi connectivity index (χ4n) is 2.49. The van der Waals surface area contributed by atoms with Gasteiger partial charge in [-0.2, -0.15) is 0 Å². The molecule has 0 aromatic rings. The van der Waals surface area contributed by atoms with Crippen molar-refractivity contribution in [2.24, 2.45) is 17.1 Å². The number of amides is 1. The molecule has 1 aliphatic rings. The maximum absolute atomic E-state index is 11.0. The molecule has 0 aromatic heterocycles. The van der Waals surface area contributed by atoms with Gasteiger partial charge in [0.05, 0.1) is 0 Å². The Bertz CT molecular complexity index is 223. The summed E-state index contributed by atoms with van der Waals surface area (Å²) in [4.78, 5) is 12.5. The van der Waals surface area contributed by atoms with Crippen LogP contribution < -0.4 is 5.73 Å². The highest BCUT2D eigenvalue weighted by Crippen LogP contribution is 2.36. The summed E-state index contributed by atoms with van der Waals surface area (Å²) in [6.07, 6.45) is 0.0750. The molecule has 1 rings (SSSR count). The summed E-state index contributed by atoms with van der Waals surface area (Å²) in [7, 11) is 0. The lowest BCUT2D eigenvalue weighted by molar-refractivity contribution is 0.0924. The van der Waals surface area contributed by atoms with Gasteiger partial charge >= 0.3 is 6.09 Å². The Kier molecular flexibility index (Phi) is 3.04. The number of likely N-dealkylation sites (tertiary alicyclic amines) is 1. The van der Waals surface area contributed by atoms with Crippen molar-refractivity contribution in [2.75, 3.05) is 13.1 Å². The van der Waals surface area contributed by atoms with Crippen LogP contribution >= 0.6 is 0 Å². The molecule has 0 aliphatic carbocycles. The zero-order valence-corrected chi connectivity index (χ0v) is 9.16. The Morgan fingerprint density at radius 1 is 1.57 bits per heavy atom. The molecule has 3 N–H and O–H groups in total. The van der Waals surface area contributed by atoms with Crippen molar-refractivity contribution in [3.05, 3.63) is 0 Å². The highest BCUT2D eigenvalue weighted by molar-refractivity contribution is 5.66. The van der Waals surface area contributed by atoms with Crippen LogP contribution in [0.25, 0.3) is 0 Å². The summed E-state index contributed by atoms with van der Waals surface area (Å²) in [5, 5.41) is 9.05. The van der Waals surface area contributed by atoms with Gasteiger partial charge in [-0.25, -0.2) is 4.79 Å². The van der Waals surface area contributed by atoms with Gasteiger partial charge < -0.3 is 15.7 Å². The topological polar surface area (TPSA) is 66.6 Å². The number of hydrogen-bond acceptors (Lipinski definition) is 2. The van der Waals surface area contributed by atoms with E-state index in [1.807, 2.05) is 0 Å². The predicted octanol–water partition coefficient (Wildman–Crippen LogP) is 1.36. The van der Waals surface area contributed by atoms with Crippen LogP contribution in [0.2, 0.25) is 0 Å². The van der Waals surface area contributed by atoms with Crippen molar-refractivity contribution >= 4 is 6.09 Å². The van der Waals surface area contributed by atoms with Crippen LogP contribution in [0.1, 0.15) is 27.2 Å². The summed E-state index contributed by atoms with van der Waals surface area (Å²) in [6, 6.07) is 0.0602. The number of nitrogens with zero attached hydrogens (tertiary/aromatic N) is 1. The van der Waals surface area contributed by atoms with Crippen molar-refractivity contribution in [3.63, 3.8) is 0 Å². The lowest BCUT2D eigenvalue weighted by atomic mass is 9.79. The molecule has 2 atom stereocenters. The summed E-state index contributed by atoms with van der Waals surface area (Å²) < 4.78 is 0. The maximum Gasteiger partial charge on any atom is 0.407 e. The molecule has 1 aliphatic heterocycles. The summed E-state index contributed by atoms with van der Waals surface area (Å²) >= 11 is 0. The number of nitrogens with two attached hydrogens (primary N) is 1. The van der Waals surface area contributed by atoms with E-state index in [-0.39, 0.29) is 11.5 Å². The first-order valence-electron chi connectivity index (χ1n) is 5.07. The van der Waals surface area contributed by atoms with E-state index < -0.39 is 6.09 Å². The molecular weight excluding hydrogens is 180 g/mol. The standard InChI is InChI=1S/C10H20N2O2/c1-10(2,3)8-7(6-11)4-5-12(8)9(13)14/h7-8H,4-6,11H2,1-3H3,(H,13,14)/t7-,8?/m0/s1. The SMILES string of the molecule is CC(C)(C)C1[C@H](CN)CCN1C(=O)O. The minimum absolute atomic E-state index is 0.0288. The van der Waals surface area contributed by atoms with E-state index in [4.69, 9.17) is 10.8 Å². The molecule has 0 spiro atoms. The average Bonchev–Trinajstić information content (AvgIpc) is 2.45. The fraction of sp³-hybridized carbons (Fsp3) is 0.900. The number of carboxylic acid groups (broad SMARTS) is 1. The second-order valence-corrected chi connectivity index (χ2v) is 5.07. The van der Waals surface area contributed by atoms with Crippen LogP contribution in [0.3, 0.4) is 0 Å². The van der Waals surface area contributed by atoms with Gasteiger partial charge in [-0.1, -0.05) is 20.8 Å². The van der Waals surface area contributed by atoms with E-state index in [9.17, 15) is 4.79 Å². The summed E-state index contributed by atoms with van der Waals surface area (Å²) in [6.45, 7) is 7.41. The number of carbonyl (C=O) groups is 1. The van der Waals surface area contributed by atoms with Crippen molar-refractivity contribution in [1.29, 1.82) is 0 Å². The van der Waals surface area contributed by atoms with E-state index in [0.717, 1.165) is 6.42 Å². The first kappa shape index (κ1) is 11.3. The average molecular weight is 200 g/mol. The molecule has 0 saturated carbocycles. The van der Waals surface area contributed by atoms with Gasteiger partial charge in [0.15, 0.2) is 0 Å². The molecule has 1 unspecified atom stereocenters. The maximum atomic E-state index is 11.0. The third kappa shape index (κ3) is 2.00. The van der Waals surface area contributed by atoms with E-state index in [2.05, 4.69) is 20.8 Å². The largest absolute Gasteiger partial charge is 0.465 e. The molecule has 4 nitrogen and oxygen atoms in total. The molecule has 1 heterocycles. The Balaban J connectivity index is 2.86. The van der Waals surface area contributed by atoms with Crippen LogP contribution in [0.4, 0.5) is 4.79 Å². The van der Waals surface area contributed by atoms with Gasteiger partial charge in [0, 0.05) is 12.6 Å². The van der Waals surface area contributed by atoms with E-state index in [1.54, 1.807) is 0 Å². The summed E-state index contributed by atoms with van der Waals surface area (Å²) in [5.41, 5.74) is 5.63. The second kappa shape index (κ2) is 3.77. The van der Waals surface area contributed by atoms with Crippen molar-refractivity contribution in [2.45, 2.75) is 33.2 Å². The molecule has 0 radical (unpaired) electrons. The highest BCUT2D eigenvalue weighted by atomic mass is 16.4. The molecule has 1 saturated heterocycles. The van der Waals surface area contributed by atoms with Gasteiger partial charge in [0.1, 0.15) is 0 Å². The number of rotatable bonds is 1. The molecule has 0 aromatic carbocycles. The highest BCUT2D eigenvalue weighted by Gasteiger charge is 2.43. The predicted molar refractivity (Wildman–Crippen MR) is 55.1 cm³/mol. The third-order valence-corrected chi connectivity index (χ3v) is 2.96. The lowest BCUT2D eigenvalue weighted by Crippen LogP contribution is -2.46. The first-order chi connectivity index (χ1) is 6.38. The van der Waals surface area contributed by atoms with Crippen molar-refractivity contribution in [3.8, 4) is 0 Å². The van der Waals surface area contributed by atoms with Gasteiger partial charge in [-0.15, -0.1) is 0 Å². The molecule has 14 heavy (non-hydrogen) atoms. The van der Waals surface area contributed by atoms with E-state index in [1.165, 1.54) is 4.90 Å². The minimum atomic E-state index is -0.819. The van der Waals surface area contributed by atoms with E-state index >= 15 is 0 Å². The zero-order chi connectivity index (χ0) is 10.9. The minimum Gasteiger partial charge on any atom is -0.465 e. The van der Waals surface area contributed by atoms with Gasteiger partial charge in [0.2, 0.25) is 0 Å². The Labute approximate surface area is 85.1 Å². The Morgan fingerprint density at radius 2 is 2.14 bits per heavy atom. The van der Waals surface area contributed by atoms with Gasteiger partial charge in [0.25, 0.3) is 0 Å². The molecule has 1 amide bonds. The fourth-order valence-corrected chi connectivity index (χ4v) is 2.49. The first-order valence-corrected chi connectivity index (χ1v) is 5.07. The van der Waals surface area contributed by atoms with Crippen molar-refractivity contribution in [1.82, 2.24) is 4.90 Å². The second-order valence-electron chi connectivity index (χ2n) is 5.07. The molecule has 82 valence electrons. The monoisotopic (exact) mass is 200 g/mol.